The number of carboxylic acid groups (broad SMARTS) is 1. The molecule has 82 valence electrons. The third-order valence-corrected chi connectivity index (χ3v) is 3.67. The first-order valence-electron chi connectivity index (χ1n) is 4.99. The van der Waals surface area contributed by atoms with E-state index >= 15 is 0 Å². The number of carboxylic acids is 1. The zero-order valence-electron chi connectivity index (χ0n) is 8.77. The van der Waals surface area contributed by atoms with Gasteiger partial charge >= 0.3 is 11.9 Å². The second-order valence-electron chi connectivity index (χ2n) is 4.60. The lowest BCUT2D eigenvalue weighted by atomic mass is 9.75. The predicted molar refractivity (Wildman–Crippen MR) is 52.0 cm³/mol. The number of fused-ring (bicyclic) bond motifs is 2. The lowest BCUT2D eigenvalue weighted by Gasteiger charge is -2.29. The Bertz CT molecular complexity index is 346. The van der Waals surface area contributed by atoms with E-state index in [4.69, 9.17) is 9.84 Å². The highest BCUT2D eigenvalue weighted by atomic mass is 16.5. The summed E-state index contributed by atoms with van der Waals surface area (Å²) in [6, 6.07) is 0. The SMILES string of the molecule is COC(=O)C1C(C(=O)O)C2C=CC1(C)C2. The maximum atomic E-state index is 11.6. The Labute approximate surface area is 87.9 Å². The van der Waals surface area contributed by atoms with Crippen LogP contribution in [0.2, 0.25) is 0 Å². The molecule has 0 amide bonds. The molecule has 2 bridgehead atoms. The third kappa shape index (κ3) is 1.28. The van der Waals surface area contributed by atoms with E-state index in [2.05, 4.69) is 0 Å². The fraction of sp³-hybridized carbons (Fsp3) is 0.636. The normalized spacial score (nSPS) is 41.9. The van der Waals surface area contributed by atoms with Crippen LogP contribution in [0.25, 0.3) is 0 Å². The Kier molecular flexibility index (Phi) is 2.10. The molecule has 15 heavy (non-hydrogen) atoms. The van der Waals surface area contributed by atoms with Gasteiger partial charge in [0, 0.05) is 5.41 Å². The van der Waals surface area contributed by atoms with Crippen LogP contribution in [0, 0.1) is 23.2 Å². The van der Waals surface area contributed by atoms with Crippen LogP contribution in [0.15, 0.2) is 12.2 Å². The number of methoxy groups -OCH3 is 1. The van der Waals surface area contributed by atoms with Crippen LogP contribution in [0.1, 0.15) is 13.3 Å². The number of aliphatic carboxylic acids is 1. The molecule has 0 aromatic rings. The third-order valence-electron chi connectivity index (χ3n) is 3.67. The average molecular weight is 210 g/mol. The van der Waals surface area contributed by atoms with Gasteiger partial charge in [-0.2, -0.15) is 0 Å². The van der Waals surface area contributed by atoms with Gasteiger partial charge in [-0.15, -0.1) is 0 Å². The maximum Gasteiger partial charge on any atom is 0.310 e. The molecular formula is C11H14O4. The summed E-state index contributed by atoms with van der Waals surface area (Å²) in [6.07, 6.45) is 4.61. The highest BCUT2D eigenvalue weighted by Crippen LogP contribution is 2.56. The van der Waals surface area contributed by atoms with E-state index in [9.17, 15) is 9.59 Å². The van der Waals surface area contributed by atoms with Crippen LogP contribution in [0.3, 0.4) is 0 Å². The summed E-state index contributed by atoms with van der Waals surface area (Å²) in [5, 5.41) is 9.12. The molecule has 4 atom stereocenters. The lowest BCUT2D eigenvalue weighted by Crippen LogP contribution is -2.37. The van der Waals surface area contributed by atoms with E-state index in [-0.39, 0.29) is 11.3 Å². The highest BCUT2D eigenvalue weighted by Gasteiger charge is 2.58. The van der Waals surface area contributed by atoms with Gasteiger partial charge in [0.1, 0.15) is 0 Å². The van der Waals surface area contributed by atoms with Crippen molar-refractivity contribution in [2.24, 2.45) is 23.2 Å². The van der Waals surface area contributed by atoms with Crippen molar-refractivity contribution >= 4 is 11.9 Å². The Morgan fingerprint density at radius 1 is 1.53 bits per heavy atom. The van der Waals surface area contributed by atoms with Gasteiger partial charge in [-0.3, -0.25) is 9.59 Å². The summed E-state index contributed by atoms with van der Waals surface area (Å²) in [7, 11) is 1.31. The number of ether oxygens (including phenoxy) is 1. The average Bonchev–Trinajstić information content (AvgIpc) is 2.68. The molecule has 4 unspecified atom stereocenters. The fourth-order valence-corrected chi connectivity index (χ4v) is 2.99. The molecule has 2 aliphatic carbocycles. The summed E-state index contributed by atoms with van der Waals surface area (Å²) >= 11 is 0. The summed E-state index contributed by atoms with van der Waals surface area (Å²) < 4.78 is 4.70. The van der Waals surface area contributed by atoms with Gasteiger partial charge < -0.3 is 9.84 Å². The molecule has 4 heteroatoms. The summed E-state index contributed by atoms with van der Waals surface area (Å²) in [4.78, 5) is 22.7. The van der Waals surface area contributed by atoms with Gasteiger partial charge in [-0.25, -0.2) is 0 Å². The van der Waals surface area contributed by atoms with Crippen molar-refractivity contribution in [2.45, 2.75) is 13.3 Å². The van der Waals surface area contributed by atoms with Crippen molar-refractivity contribution in [3.63, 3.8) is 0 Å². The number of esters is 1. The first kappa shape index (κ1) is 10.2. The smallest absolute Gasteiger partial charge is 0.310 e. The van der Waals surface area contributed by atoms with Crippen LogP contribution in [0.5, 0.6) is 0 Å². The molecule has 2 rings (SSSR count). The number of allylic oxidation sites excluding steroid dienone is 2. The van der Waals surface area contributed by atoms with Gasteiger partial charge in [0.15, 0.2) is 0 Å². The second kappa shape index (κ2) is 3.08. The summed E-state index contributed by atoms with van der Waals surface area (Å²) in [5.74, 6) is -2.47. The second-order valence-corrected chi connectivity index (χ2v) is 4.60. The highest BCUT2D eigenvalue weighted by molar-refractivity contribution is 5.84. The molecule has 0 aromatic heterocycles. The Morgan fingerprint density at radius 3 is 2.73 bits per heavy atom. The molecule has 0 aromatic carbocycles. The van der Waals surface area contributed by atoms with Gasteiger partial charge in [0.2, 0.25) is 0 Å². The first-order valence-corrected chi connectivity index (χ1v) is 4.99. The minimum Gasteiger partial charge on any atom is -0.481 e. The van der Waals surface area contributed by atoms with Crippen LogP contribution >= 0.6 is 0 Å². The molecule has 4 nitrogen and oxygen atoms in total. The van der Waals surface area contributed by atoms with Crippen molar-refractivity contribution in [3.05, 3.63) is 12.2 Å². The Balaban J connectivity index is 2.37. The van der Waals surface area contributed by atoms with Crippen LogP contribution in [-0.4, -0.2) is 24.2 Å². The molecule has 1 fully saturated rings. The van der Waals surface area contributed by atoms with Crippen LogP contribution in [-0.2, 0) is 14.3 Å². The van der Waals surface area contributed by atoms with Gasteiger partial charge in [0.05, 0.1) is 18.9 Å². The minimum absolute atomic E-state index is 0.0170. The zero-order chi connectivity index (χ0) is 11.2. The topological polar surface area (TPSA) is 63.6 Å². The summed E-state index contributed by atoms with van der Waals surface area (Å²) in [6.45, 7) is 1.92. The van der Waals surface area contributed by atoms with Crippen LogP contribution < -0.4 is 0 Å². The quantitative estimate of drug-likeness (QED) is 0.547. The molecule has 2 aliphatic rings. The maximum absolute atomic E-state index is 11.6. The fourth-order valence-electron chi connectivity index (χ4n) is 2.99. The molecule has 0 spiro atoms. The van der Waals surface area contributed by atoms with E-state index in [1.807, 2.05) is 19.1 Å². The number of carbonyl (C=O) groups is 2. The molecule has 0 radical (unpaired) electrons. The molecular weight excluding hydrogens is 196 g/mol. The number of rotatable bonds is 2. The standard InChI is InChI=1S/C11H14O4/c1-11-4-3-6(5-11)7(9(12)13)8(11)10(14)15-2/h3-4,6-8H,5H2,1-2H3,(H,12,13). The lowest BCUT2D eigenvalue weighted by molar-refractivity contribution is -0.158. The van der Waals surface area contributed by atoms with Gasteiger partial charge in [-0.05, 0) is 12.3 Å². The number of carbonyl (C=O) groups excluding carboxylic acids is 1. The zero-order valence-corrected chi connectivity index (χ0v) is 8.77. The van der Waals surface area contributed by atoms with E-state index in [1.54, 1.807) is 0 Å². The molecule has 0 aliphatic heterocycles. The molecule has 1 saturated carbocycles. The van der Waals surface area contributed by atoms with Crippen molar-refractivity contribution < 1.29 is 19.4 Å². The van der Waals surface area contributed by atoms with Crippen molar-refractivity contribution in [1.82, 2.24) is 0 Å². The molecule has 0 heterocycles. The Hall–Kier alpha value is -1.32. The van der Waals surface area contributed by atoms with Crippen LogP contribution in [0.4, 0.5) is 0 Å². The molecule has 0 saturated heterocycles. The van der Waals surface area contributed by atoms with E-state index < -0.39 is 23.8 Å². The predicted octanol–water partition coefficient (Wildman–Crippen LogP) is 1.07. The van der Waals surface area contributed by atoms with E-state index in [0.29, 0.717) is 0 Å². The van der Waals surface area contributed by atoms with Gasteiger partial charge in [-0.1, -0.05) is 19.1 Å². The van der Waals surface area contributed by atoms with Crippen molar-refractivity contribution in [3.8, 4) is 0 Å². The van der Waals surface area contributed by atoms with E-state index in [1.165, 1.54) is 7.11 Å². The Morgan fingerprint density at radius 2 is 2.20 bits per heavy atom. The molecule has 1 N–H and O–H groups in total. The van der Waals surface area contributed by atoms with Crippen molar-refractivity contribution in [2.75, 3.05) is 7.11 Å². The monoisotopic (exact) mass is 210 g/mol. The number of hydrogen-bond donors (Lipinski definition) is 1. The first-order chi connectivity index (χ1) is 6.99. The van der Waals surface area contributed by atoms with E-state index in [0.717, 1.165) is 6.42 Å². The van der Waals surface area contributed by atoms with Crippen molar-refractivity contribution in [1.29, 1.82) is 0 Å². The minimum atomic E-state index is -0.900. The number of hydrogen-bond acceptors (Lipinski definition) is 3. The largest absolute Gasteiger partial charge is 0.481 e. The summed E-state index contributed by atoms with van der Waals surface area (Å²) in [5.41, 5.74) is -0.333. The van der Waals surface area contributed by atoms with Gasteiger partial charge in [0.25, 0.3) is 0 Å².